The summed E-state index contributed by atoms with van der Waals surface area (Å²) in [5.74, 6) is 1.23. The number of nitrogens with zero attached hydrogens (tertiary/aromatic N) is 2. The lowest BCUT2D eigenvalue weighted by Crippen LogP contribution is -2.11. The van der Waals surface area contributed by atoms with Gasteiger partial charge in [0.15, 0.2) is 5.75 Å². The first kappa shape index (κ1) is 14.4. The van der Waals surface area contributed by atoms with Crippen molar-refractivity contribution in [3.8, 4) is 11.5 Å². The molecule has 1 aromatic carbocycles. The highest BCUT2D eigenvalue weighted by molar-refractivity contribution is 5.44. The van der Waals surface area contributed by atoms with Crippen molar-refractivity contribution >= 4 is 0 Å². The van der Waals surface area contributed by atoms with Crippen LogP contribution >= 0.6 is 0 Å². The van der Waals surface area contributed by atoms with Gasteiger partial charge in [0.05, 0.1) is 20.4 Å². The molecular weight excluding hydrogens is 256 g/mol. The quantitative estimate of drug-likeness (QED) is 0.910. The molecule has 0 amide bonds. The van der Waals surface area contributed by atoms with Crippen molar-refractivity contribution in [3.63, 3.8) is 0 Å². The molecule has 0 spiro atoms. The summed E-state index contributed by atoms with van der Waals surface area (Å²) < 4.78 is 12.4. The molecule has 5 nitrogen and oxygen atoms in total. The third-order valence-electron chi connectivity index (χ3n) is 3.31. The fourth-order valence-corrected chi connectivity index (χ4v) is 2.25. The monoisotopic (exact) mass is 276 g/mol. The molecule has 0 bridgehead atoms. The molecule has 0 fully saturated rings. The van der Waals surface area contributed by atoms with E-state index in [1.54, 1.807) is 25.1 Å². The van der Waals surface area contributed by atoms with Crippen molar-refractivity contribution in [2.45, 2.75) is 26.5 Å². The Kier molecular flexibility index (Phi) is 4.29. The molecular formula is C15H20N2O3. The van der Waals surface area contributed by atoms with E-state index in [9.17, 15) is 5.11 Å². The molecule has 1 heterocycles. The first-order chi connectivity index (χ1) is 9.62. The van der Waals surface area contributed by atoms with Gasteiger partial charge >= 0.3 is 0 Å². The number of aryl methyl sites for hydroxylation is 2. The summed E-state index contributed by atoms with van der Waals surface area (Å²) in [6.07, 6.45) is 0.769. The normalized spacial score (nSPS) is 12.2. The van der Waals surface area contributed by atoms with E-state index >= 15 is 0 Å². The topological polar surface area (TPSA) is 56.5 Å². The number of aromatic nitrogens is 2. The maximum absolute atomic E-state index is 10.7. The van der Waals surface area contributed by atoms with Gasteiger partial charge in [-0.3, -0.25) is 4.68 Å². The van der Waals surface area contributed by atoms with E-state index in [4.69, 9.17) is 9.47 Å². The Morgan fingerprint density at radius 3 is 2.55 bits per heavy atom. The fourth-order valence-electron chi connectivity index (χ4n) is 2.25. The number of methoxy groups -OCH3 is 2. The molecule has 1 unspecified atom stereocenters. The number of hydrogen-bond donors (Lipinski definition) is 1. The van der Waals surface area contributed by atoms with Crippen LogP contribution in [0.5, 0.6) is 11.5 Å². The molecule has 2 aromatic rings. The molecule has 1 atom stereocenters. The van der Waals surface area contributed by atoms with Crippen molar-refractivity contribution in [1.82, 2.24) is 9.78 Å². The van der Waals surface area contributed by atoms with Crippen LogP contribution in [0.4, 0.5) is 0 Å². The smallest absolute Gasteiger partial charge is 0.163 e. The Hall–Kier alpha value is -2.01. The average molecular weight is 276 g/mol. The molecule has 0 radical (unpaired) electrons. The van der Waals surface area contributed by atoms with Crippen LogP contribution in [0.1, 0.15) is 29.8 Å². The van der Waals surface area contributed by atoms with Crippen LogP contribution in [0.25, 0.3) is 0 Å². The highest BCUT2D eigenvalue weighted by Crippen LogP contribution is 2.35. The number of aliphatic hydroxyl groups is 1. The van der Waals surface area contributed by atoms with Crippen molar-refractivity contribution < 1.29 is 14.6 Å². The van der Waals surface area contributed by atoms with Gasteiger partial charge in [-0.1, -0.05) is 12.1 Å². The largest absolute Gasteiger partial charge is 0.496 e. The van der Waals surface area contributed by atoms with Crippen molar-refractivity contribution in [1.29, 1.82) is 0 Å². The first-order valence-corrected chi connectivity index (χ1v) is 6.54. The fraction of sp³-hybridized carbons (Fsp3) is 0.400. The van der Waals surface area contributed by atoms with E-state index in [2.05, 4.69) is 5.10 Å². The van der Waals surface area contributed by atoms with E-state index in [0.29, 0.717) is 29.3 Å². The van der Waals surface area contributed by atoms with Gasteiger partial charge in [0, 0.05) is 12.1 Å². The molecule has 2 rings (SSSR count). The first-order valence-electron chi connectivity index (χ1n) is 6.54. The van der Waals surface area contributed by atoms with Gasteiger partial charge in [0.1, 0.15) is 17.5 Å². The number of benzene rings is 1. The van der Waals surface area contributed by atoms with Gasteiger partial charge in [0.25, 0.3) is 0 Å². The van der Waals surface area contributed by atoms with E-state index in [1.165, 1.54) is 0 Å². The van der Waals surface area contributed by atoms with Gasteiger partial charge in [-0.25, -0.2) is 0 Å². The van der Waals surface area contributed by atoms with Crippen LogP contribution in [0.15, 0.2) is 24.4 Å². The summed E-state index contributed by atoms with van der Waals surface area (Å²) in [4.78, 5) is 0. The minimum Gasteiger partial charge on any atom is -0.496 e. The predicted octanol–water partition coefficient (Wildman–Crippen LogP) is 2.31. The second-order valence-electron chi connectivity index (χ2n) is 4.56. The lowest BCUT2D eigenvalue weighted by molar-refractivity contribution is 0.198. The molecule has 0 aliphatic heterocycles. The zero-order valence-electron chi connectivity index (χ0n) is 12.3. The summed E-state index contributed by atoms with van der Waals surface area (Å²) >= 11 is 0. The summed E-state index contributed by atoms with van der Waals surface area (Å²) in [5, 5.41) is 14.9. The third kappa shape index (κ3) is 2.49. The number of aliphatic hydroxyl groups excluding tert-OH is 1. The van der Waals surface area contributed by atoms with E-state index < -0.39 is 6.10 Å². The SMILES string of the molecule is CCn1ncc(OC)c1C(O)c1ccc(C)cc1OC. The van der Waals surface area contributed by atoms with Crippen LogP contribution in [-0.2, 0) is 6.54 Å². The summed E-state index contributed by atoms with van der Waals surface area (Å²) in [7, 11) is 3.17. The van der Waals surface area contributed by atoms with Gasteiger partial charge in [-0.05, 0) is 25.5 Å². The molecule has 0 saturated heterocycles. The Morgan fingerprint density at radius 1 is 1.25 bits per heavy atom. The zero-order chi connectivity index (χ0) is 14.7. The Labute approximate surface area is 118 Å². The zero-order valence-corrected chi connectivity index (χ0v) is 12.3. The predicted molar refractivity (Wildman–Crippen MR) is 76.2 cm³/mol. The lowest BCUT2D eigenvalue weighted by Gasteiger charge is -2.17. The Balaban J connectivity index is 2.50. The molecule has 1 N–H and O–H groups in total. The van der Waals surface area contributed by atoms with Gasteiger partial charge in [-0.2, -0.15) is 5.10 Å². The van der Waals surface area contributed by atoms with Crippen LogP contribution in [0.2, 0.25) is 0 Å². The third-order valence-corrected chi connectivity index (χ3v) is 3.31. The molecule has 108 valence electrons. The Morgan fingerprint density at radius 2 is 1.95 bits per heavy atom. The number of rotatable bonds is 5. The van der Waals surface area contributed by atoms with Crippen LogP contribution in [0.3, 0.4) is 0 Å². The summed E-state index contributed by atoms with van der Waals surface area (Å²) in [5.41, 5.74) is 2.41. The van der Waals surface area contributed by atoms with Gasteiger partial charge in [0.2, 0.25) is 0 Å². The molecule has 0 saturated carbocycles. The van der Waals surface area contributed by atoms with Crippen LogP contribution < -0.4 is 9.47 Å². The highest BCUT2D eigenvalue weighted by Gasteiger charge is 2.23. The maximum atomic E-state index is 10.7. The average Bonchev–Trinajstić information content (AvgIpc) is 2.89. The molecule has 5 heteroatoms. The highest BCUT2D eigenvalue weighted by atomic mass is 16.5. The van der Waals surface area contributed by atoms with E-state index in [1.807, 2.05) is 32.0 Å². The molecule has 1 aromatic heterocycles. The summed E-state index contributed by atoms with van der Waals surface area (Å²) in [6, 6.07) is 5.71. The minimum atomic E-state index is -0.844. The van der Waals surface area contributed by atoms with Crippen LogP contribution in [0, 0.1) is 6.92 Å². The van der Waals surface area contributed by atoms with Gasteiger partial charge < -0.3 is 14.6 Å². The second-order valence-corrected chi connectivity index (χ2v) is 4.56. The second kappa shape index (κ2) is 5.96. The number of hydrogen-bond acceptors (Lipinski definition) is 4. The standard InChI is InChI=1S/C15H20N2O3/c1-5-17-14(13(20-4)9-16-17)15(18)11-7-6-10(2)8-12(11)19-3/h6-9,15,18H,5H2,1-4H3. The van der Waals surface area contributed by atoms with E-state index in [0.717, 1.165) is 5.56 Å². The Bertz CT molecular complexity index is 571. The minimum absolute atomic E-state index is 0.571. The van der Waals surface area contributed by atoms with Crippen molar-refractivity contribution in [2.24, 2.45) is 0 Å². The van der Waals surface area contributed by atoms with Crippen LogP contribution in [-0.4, -0.2) is 29.1 Å². The van der Waals surface area contributed by atoms with E-state index in [-0.39, 0.29) is 0 Å². The molecule has 0 aliphatic rings. The van der Waals surface area contributed by atoms with Crippen molar-refractivity contribution in [3.05, 3.63) is 41.2 Å². The van der Waals surface area contributed by atoms with Crippen molar-refractivity contribution in [2.75, 3.05) is 14.2 Å². The molecule has 0 aliphatic carbocycles. The lowest BCUT2D eigenvalue weighted by atomic mass is 10.0. The molecule has 20 heavy (non-hydrogen) atoms. The number of ether oxygens (including phenoxy) is 2. The maximum Gasteiger partial charge on any atom is 0.163 e. The van der Waals surface area contributed by atoms with Gasteiger partial charge in [-0.15, -0.1) is 0 Å². The summed E-state index contributed by atoms with van der Waals surface area (Å²) in [6.45, 7) is 4.61.